The van der Waals surface area contributed by atoms with E-state index in [-0.39, 0.29) is 18.0 Å². The number of alkyl halides is 3. The van der Waals surface area contributed by atoms with E-state index in [0.29, 0.717) is 0 Å². The van der Waals surface area contributed by atoms with Crippen LogP contribution in [0.4, 0.5) is 28.0 Å². The number of rotatable bonds is 6. The molecule has 0 fully saturated rings. The van der Waals surface area contributed by atoms with Crippen LogP contribution < -0.4 is 10.1 Å². The van der Waals surface area contributed by atoms with Crippen molar-refractivity contribution in [2.45, 2.75) is 13.1 Å². The average Bonchev–Trinajstić information content (AvgIpc) is 2.45. The summed E-state index contributed by atoms with van der Waals surface area (Å²) >= 11 is 0. The van der Waals surface area contributed by atoms with E-state index in [0.717, 1.165) is 23.1 Å². The molecular weight excluding hydrogens is 336 g/mol. The van der Waals surface area contributed by atoms with Gasteiger partial charge in [0.15, 0.2) is 6.61 Å². The highest BCUT2D eigenvalue weighted by Crippen LogP contribution is 2.27. The number of aliphatic carboxylic acids is 1. The van der Waals surface area contributed by atoms with Gasteiger partial charge in [0.05, 0.1) is 11.6 Å². The number of hydrogen-bond donors (Lipinski definition) is 2. The molecule has 0 spiro atoms. The standard InChI is InChI=1S/C14H16F4N2O4/c1-8(12(21)22)6-20(2)13(23)19-10-5-9(15)3-4-11(10)24-7-14(16,17)18/h3-5,8H,6-7H2,1-2H3,(H,19,23)(H,21,22). The number of nitrogens with zero attached hydrogens (tertiary/aromatic N) is 1. The van der Waals surface area contributed by atoms with Crippen LogP contribution in [-0.4, -0.2) is 48.4 Å². The van der Waals surface area contributed by atoms with Gasteiger partial charge in [-0.2, -0.15) is 13.2 Å². The molecule has 0 bridgehead atoms. The summed E-state index contributed by atoms with van der Waals surface area (Å²) in [5.74, 6) is -3.11. The monoisotopic (exact) mass is 352 g/mol. The minimum Gasteiger partial charge on any atom is -0.482 e. The predicted octanol–water partition coefficient (Wildman–Crippen LogP) is 2.95. The number of benzene rings is 1. The third-order valence-electron chi connectivity index (χ3n) is 2.89. The van der Waals surface area contributed by atoms with E-state index in [1.807, 2.05) is 0 Å². The normalized spacial score (nSPS) is 12.4. The summed E-state index contributed by atoms with van der Waals surface area (Å²) < 4.78 is 54.4. The van der Waals surface area contributed by atoms with Crippen LogP contribution in [0.15, 0.2) is 18.2 Å². The molecular formula is C14H16F4N2O4. The van der Waals surface area contributed by atoms with Crippen molar-refractivity contribution in [3.8, 4) is 5.75 Å². The number of amides is 2. The first-order valence-corrected chi connectivity index (χ1v) is 6.73. The summed E-state index contributed by atoms with van der Waals surface area (Å²) in [5.41, 5.74) is -0.293. The second kappa shape index (κ2) is 7.84. The molecule has 0 heterocycles. The summed E-state index contributed by atoms with van der Waals surface area (Å²) in [6, 6.07) is 1.83. The smallest absolute Gasteiger partial charge is 0.422 e. The van der Waals surface area contributed by atoms with Gasteiger partial charge in [0, 0.05) is 19.7 Å². The molecule has 24 heavy (non-hydrogen) atoms. The highest BCUT2D eigenvalue weighted by atomic mass is 19.4. The van der Waals surface area contributed by atoms with Gasteiger partial charge < -0.3 is 20.1 Å². The Bertz CT molecular complexity index is 607. The molecule has 1 atom stereocenters. The van der Waals surface area contributed by atoms with Crippen molar-refractivity contribution in [2.75, 3.05) is 25.5 Å². The molecule has 0 radical (unpaired) electrons. The number of hydrogen-bond acceptors (Lipinski definition) is 3. The lowest BCUT2D eigenvalue weighted by Crippen LogP contribution is -2.36. The van der Waals surface area contributed by atoms with Crippen LogP contribution in [0.1, 0.15) is 6.92 Å². The van der Waals surface area contributed by atoms with Crippen LogP contribution in [0.3, 0.4) is 0 Å². The van der Waals surface area contributed by atoms with Crippen LogP contribution in [-0.2, 0) is 4.79 Å². The van der Waals surface area contributed by atoms with Gasteiger partial charge in [0.25, 0.3) is 0 Å². The third kappa shape index (κ3) is 6.31. The Morgan fingerprint density at radius 1 is 1.38 bits per heavy atom. The van der Waals surface area contributed by atoms with Gasteiger partial charge in [-0.3, -0.25) is 4.79 Å². The van der Waals surface area contributed by atoms with Crippen LogP contribution in [0.5, 0.6) is 5.75 Å². The molecule has 0 aliphatic rings. The number of halogens is 4. The fourth-order valence-electron chi connectivity index (χ4n) is 1.67. The van der Waals surface area contributed by atoms with Crippen molar-refractivity contribution in [3.63, 3.8) is 0 Å². The Labute approximate surface area is 135 Å². The Hall–Kier alpha value is -2.52. The molecule has 134 valence electrons. The summed E-state index contributed by atoms with van der Waals surface area (Å²) in [6.07, 6.45) is -4.59. The van der Waals surface area contributed by atoms with E-state index in [1.54, 1.807) is 0 Å². The van der Waals surface area contributed by atoms with E-state index in [1.165, 1.54) is 14.0 Å². The number of ether oxygens (including phenoxy) is 1. The Kier molecular flexibility index (Phi) is 6.38. The van der Waals surface area contributed by atoms with Gasteiger partial charge in [0.1, 0.15) is 11.6 Å². The lowest BCUT2D eigenvalue weighted by atomic mass is 10.2. The number of carbonyl (C=O) groups excluding carboxylic acids is 1. The lowest BCUT2D eigenvalue weighted by molar-refractivity contribution is -0.153. The molecule has 1 aromatic rings. The molecule has 1 unspecified atom stereocenters. The van der Waals surface area contributed by atoms with Crippen LogP contribution in [0.2, 0.25) is 0 Å². The zero-order chi connectivity index (χ0) is 18.5. The van der Waals surface area contributed by atoms with Crippen LogP contribution in [0, 0.1) is 11.7 Å². The van der Waals surface area contributed by atoms with Gasteiger partial charge in [0.2, 0.25) is 0 Å². The molecule has 0 aliphatic carbocycles. The minimum absolute atomic E-state index is 0.144. The number of carboxylic acid groups (broad SMARTS) is 1. The summed E-state index contributed by atoms with van der Waals surface area (Å²) in [4.78, 5) is 23.7. The van der Waals surface area contributed by atoms with Crippen molar-refractivity contribution in [3.05, 3.63) is 24.0 Å². The third-order valence-corrected chi connectivity index (χ3v) is 2.89. The Morgan fingerprint density at radius 2 is 2.00 bits per heavy atom. The second-order valence-corrected chi connectivity index (χ2v) is 5.09. The van der Waals surface area contributed by atoms with Gasteiger partial charge >= 0.3 is 18.2 Å². The minimum atomic E-state index is -4.59. The lowest BCUT2D eigenvalue weighted by Gasteiger charge is -2.21. The SMILES string of the molecule is CC(CN(C)C(=O)Nc1cc(F)ccc1OCC(F)(F)F)C(=O)O. The number of carbonyl (C=O) groups is 2. The molecule has 2 N–H and O–H groups in total. The van der Waals surface area contributed by atoms with E-state index in [2.05, 4.69) is 10.1 Å². The highest BCUT2D eigenvalue weighted by molar-refractivity contribution is 5.91. The fourth-order valence-corrected chi connectivity index (χ4v) is 1.67. The first-order valence-electron chi connectivity index (χ1n) is 6.73. The van der Waals surface area contributed by atoms with Crippen molar-refractivity contribution in [1.29, 1.82) is 0 Å². The number of anilines is 1. The van der Waals surface area contributed by atoms with E-state index >= 15 is 0 Å². The van der Waals surface area contributed by atoms with Gasteiger partial charge in [-0.15, -0.1) is 0 Å². The van der Waals surface area contributed by atoms with Crippen LogP contribution in [0.25, 0.3) is 0 Å². The van der Waals surface area contributed by atoms with Gasteiger partial charge in [-0.25, -0.2) is 9.18 Å². The van der Waals surface area contributed by atoms with Crippen molar-refractivity contribution in [1.82, 2.24) is 4.90 Å². The quantitative estimate of drug-likeness (QED) is 0.772. The van der Waals surface area contributed by atoms with Gasteiger partial charge in [-0.05, 0) is 12.1 Å². The maximum Gasteiger partial charge on any atom is 0.422 e. The summed E-state index contributed by atoms with van der Waals surface area (Å²) in [7, 11) is 1.30. The molecule has 0 aliphatic heterocycles. The first kappa shape index (κ1) is 19.5. The van der Waals surface area contributed by atoms with Gasteiger partial charge in [-0.1, -0.05) is 6.92 Å². The van der Waals surface area contributed by atoms with E-state index in [4.69, 9.17) is 5.11 Å². The Morgan fingerprint density at radius 3 is 2.54 bits per heavy atom. The Balaban J connectivity index is 2.83. The zero-order valence-electron chi connectivity index (χ0n) is 12.9. The molecule has 1 rings (SSSR count). The maximum atomic E-state index is 13.3. The van der Waals surface area contributed by atoms with Crippen molar-refractivity contribution < 1.29 is 37.0 Å². The summed E-state index contributed by atoms with van der Waals surface area (Å²) in [6.45, 7) is -0.366. The topological polar surface area (TPSA) is 78.9 Å². The van der Waals surface area contributed by atoms with Crippen molar-refractivity contribution in [2.24, 2.45) is 5.92 Å². The molecule has 1 aromatic carbocycles. The molecule has 0 saturated heterocycles. The fraction of sp³-hybridized carbons (Fsp3) is 0.429. The number of nitrogens with one attached hydrogen (secondary N) is 1. The molecule has 0 saturated carbocycles. The van der Waals surface area contributed by atoms with Crippen LogP contribution >= 0.6 is 0 Å². The number of carboxylic acids is 1. The number of urea groups is 1. The first-order chi connectivity index (χ1) is 11.0. The maximum absolute atomic E-state index is 13.3. The highest BCUT2D eigenvalue weighted by Gasteiger charge is 2.29. The zero-order valence-corrected chi connectivity index (χ0v) is 12.9. The molecule has 0 aromatic heterocycles. The van der Waals surface area contributed by atoms with Crippen molar-refractivity contribution >= 4 is 17.7 Å². The van der Waals surface area contributed by atoms with E-state index in [9.17, 15) is 27.2 Å². The molecule has 2 amide bonds. The largest absolute Gasteiger partial charge is 0.482 e. The predicted molar refractivity (Wildman–Crippen MR) is 76.4 cm³/mol. The second-order valence-electron chi connectivity index (χ2n) is 5.09. The summed E-state index contributed by atoms with van der Waals surface area (Å²) in [5, 5.41) is 11.0. The van der Waals surface area contributed by atoms with E-state index < -0.39 is 36.5 Å². The molecule has 10 heteroatoms. The average molecular weight is 352 g/mol. The molecule has 6 nitrogen and oxygen atoms in total.